The molecule has 1 N–H and O–H groups in total. The topological polar surface area (TPSA) is 18.5 Å². The molecule has 0 radical (unpaired) electrons. The molecule has 1 aliphatic carbocycles. The molecule has 3 nitrogen and oxygen atoms in total. The first-order valence-corrected chi connectivity index (χ1v) is 9.83. The van der Waals surface area contributed by atoms with Crippen molar-refractivity contribution in [2.45, 2.75) is 6.04 Å². The van der Waals surface area contributed by atoms with Crippen LogP contribution in [0.4, 0.5) is 17.1 Å². The lowest BCUT2D eigenvalue weighted by atomic mass is 9.92. The van der Waals surface area contributed by atoms with E-state index >= 15 is 0 Å². The minimum atomic E-state index is 0.132. The molecule has 0 saturated carbocycles. The number of para-hydroxylation sites is 3. The molecule has 1 aliphatic heterocycles. The normalized spacial score (nSPS) is 17.2. The SMILES string of the molecule is C=C1C=C(NN(c2ccccc2)c2ccccc2)C2C(=C1)c1ccccc1N2C. The molecule has 5 rings (SSSR count). The average Bonchev–Trinajstić information content (AvgIpc) is 3.05. The van der Waals surface area contributed by atoms with E-state index in [1.54, 1.807) is 0 Å². The second-order valence-electron chi connectivity index (χ2n) is 7.42. The van der Waals surface area contributed by atoms with Crippen LogP contribution in [0.25, 0.3) is 5.57 Å². The van der Waals surface area contributed by atoms with Crippen LogP contribution in [0.3, 0.4) is 0 Å². The Kier molecular flexibility index (Phi) is 4.21. The van der Waals surface area contributed by atoms with Crippen molar-refractivity contribution in [2.75, 3.05) is 17.0 Å². The Morgan fingerprint density at radius 1 is 0.793 bits per heavy atom. The molecule has 0 bridgehead atoms. The van der Waals surface area contributed by atoms with Gasteiger partial charge in [0.2, 0.25) is 0 Å². The predicted octanol–water partition coefficient (Wildman–Crippen LogP) is 5.69. The summed E-state index contributed by atoms with van der Waals surface area (Å²) in [5, 5.41) is 2.14. The van der Waals surface area contributed by atoms with E-state index < -0.39 is 0 Å². The summed E-state index contributed by atoms with van der Waals surface area (Å²) in [6.07, 6.45) is 4.35. The van der Waals surface area contributed by atoms with E-state index in [0.29, 0.717) is 0 Å². The molecule has 3 heteroatoms. The molecule has 0 fully saturated rings. The van der Waals surface area contributed by atoms with Crippen LogP contribution in [-0.2, 0) is 0 Å². The van der Waals surface area contributed by atoms with Crippen LogP contribution in [0.5, 0.6) is 0 Å². The molecule has 1 heterocycles. The van der Waals surface area contributed by atoms with Crippen LogP contribution >= 0.6 is 0 Å². The molecule has 0 spiro atoms. The number of rotatable bonds is 4. The minimum absolute atomic E-state index is 0.132. The summed E-state index contributed by atoms with van der Waals surface area (Å²) >= 11 is 0. The van der Waals surface area contributed by atoms with Gasteiger partial charge in [0.25, 0.3) is 0 Å². The third kappa shape index (κ3) is 3.01. The molecule has 0 saturated heterocycles. The Morgan fingerprint density at radius 2 is 1.38 bits per heavy atom. The summed E-state index contributed by atoms with van der Waals surface area (Å²) < 4.78 is 0. The van der Waals surface area contributed by atoms with Gasteiger partial charge in [0.05, 0.1) is 23.1 Å². The highest BCUT2D eigenvalue weighted by Gasteiger charge is 2.36. The third-order valence-electron chi connectivity index (χ3n) is 5.52. The maximum Gasteiger partial charge on any atom is 0.0963 e. The summed E-state index contributed by atoms with van der Waals surface area (Å²) in [5.41, 5.74) is 11.8. The molecule has 1 atom stereocenters. The maximum atomic E-state index is 4.25. The lowest BCUT2D eigenvalue weighted by molar-refractivity contribution is 0.737. The van der Waals surface area contributed by atoms with E-state index in [0.717, 1.165) is 22.6 Å². The van der Waals surface area contributed by atoms with Crippen LogP contribution < -0.4 is 15.3 Å². The fourth-order valence-electron chi connectivity index (χ4n) is 4.23. The van der Waals surface area contributed by atoms with Crippen molar-refractivity contribution in [3.63, 3.8) is 0 Å². The molecule has 2 aliphatic rings. The number of benzene rings is 3. The van der Waals surface area contributed by atoms with Gasteiger partial charge in [0.1, 0.15) is 0 Å². The number of hydrogen-bond donors (Lipinski definition) is 1. The standard InChI is InChI=1S/C26H23N3/c1-19-17-23-22-15-9-10-16-25(22)28(2)26(23)24(18-19)27-29(20-11-5-3-6-12-20)21-13-7-4-8-14-21/h3-18,26-27H,1H2,2H3. The van der Waals surface area contributed by atoms with Gasteiger partial charge >= 0.3 is 0 Å². The molecule has 142 valence electrons. The number of nitrogens with one attached hydrogen (secondary N) is 1. The molecule has 3 aromatic rings. The first-order valence-electron chi connectivity index (χ1n) is 9.83. The van der Waals surface area contributed by atoms with Crippen molar-refractivity contribution in [3.8, 4) is 0 Å². The fraction of sp³-hybridized carbons (Fsp3) is 0.0769. The van der Waals surface area contributed by atoms with E-state index in [1.165, 1.54) is 16.8 Å². The smallest absolute Gasteiger partial charge is 0.0963 e. The zero-order chi connectivity index (χ0) is 19.8. The van der Waals surface area contributed by atoms with Gasteiger partial charge in [0, 0.05) is 18.3 Å². The molecule has 3 aromatic carbocycles. The van der Waals surface area contributed by atoms with E-state index in [1.807, 2.05) is 12.1 Å². The van der Waals surface area contributed by atoms with Gasteiger partial charge in [-0.3, -0.25) is 10.4 Å². The van der Waals surface area contributed by atoms with Crippen LogP contribution in [0.1, 0.15) is 5.56 Å². The van der Waals surface area contributed by atoms with Crippen molar-refractivity contribution < 1.29 is 0 Å². The summed E-state index contributed by atoms with van der Waals surface area (Å²) in [5.74, 6) is 0. The number of fused-ring (bicyclic) bond motifs is 3. The zero-order valence-electron chi connectivity index (χ0n) is 16.4. The maximum absolute atomic E-state index is 4.25. The summed E-state index contributed by atoms with van der Waals surface area (Å²) in [6, 6.07) is 29.5. The van der Waals surface area contributed by atoms with Crippen molar-refractivity contribution in [3.05, 3.63) is 120 Å². The summed E-state index contributed by atoms with van der Waals surface area (Å²) in [6.45, 7) is 4.25. The Balaban J connectivity index is 1.56. The second kappa shape index (κ2) is 7.02. The Bertz CT molecular complexity index is 1070. The van der Waals surface area contributed by atoms with E-state index in [-0.39, 0.29) is 6.04 Å². The number of anilines is 3. The van der Waals surface area contributed by atoms with Crippen molar-refractivity contribution in [1.29, 1.82) is 0 Å². The van der Waals surface area contributed by atoms with Crippen molar-refractivity contribution in [1.82, 2.24) is 5.43 Å². The highest BCUT2D eigenvalue weighted by atomic mass is 15.5. The number of likely N-dealkylation sites (N-methyl/N-ethyl adjacent to an activating group) is 1. The molecule has 29 heavy (non-hydrogen) atoms. The third-order valence-corrected chi connectivity index (χ3v) is 5.52. The summed E-state index contributed by atoms with van der Waals surface area (Å²) in [4.78, 5) is 2.33. The summed E-state index contributed by atoms with van der Waals surface area (Å²) in [7, 11) is 2.16. The van der Waals surface area contributed by atoms with Gasteiger partial charge in [-0.05, 0) is 53.6 Å². The number of allylic oxidation sites excluding steroid dienone is 3. The van der Waals surface area contributed by atoms with Gasteiger partial charge in [-0.25, -0.2) is 0 Å². The lowest BCUT2D eigenvalue weighted by Crippen LogP contribution is -2.43. The largest absolute Gasteiger partial charge is 0.361 e. The number of hydrazine groups is 1. The van der Waals surface area contributed by atoms with Gasteiger partial charge in [0.15, 0.2) is 0 Å². The van der Waals surface area contributed by atoms with Gasteiger partial charge in [-0.15, -0.1) is 0 Å². The molecule has 0 aromatic heterocycles. The highest BCUT2D eigenvalue weighted by Crippen LogP contribution is 2.44. The van der Waals surface area contributed by atoms with Crippen LogP contribution in [0, 0.1) is 0 Å². The first kappa shape index (κ1) is 17.4. The van der Waals surface area contributed by atoms with Gasteiger partial charge in [-0.1, -0.05) is 61.2 Å². The molecule has 1 unspecified atom stereocenters. The van der Waals surface area contributed by atoms with E-state index in [2.05, 4.69) is 114 Å². The number of hydrogen-bond acceptors (Lipinski definition) is 3. The quantitative estimate of drug-likeness (QED) is 0.590. The predicted molar refractivity (Wildman–Crippen MR) is 122 cm³/mol. The Hall–Kier alpha value is -3.72. The van der Waals surface area contributed by atoms with Crippen molar-refractivity contribution >= 4 is 22.6 Å². The van der Waals surface area contributed by atoms with Crippen molar-refractivity contribution in [2.24, 2.45) is 0 Å². The molecule has 0 amide bonds. The Morgan fingerprint density at radius 3 is 2.03 bits per heavy atom. The van der Waals surface area contributed by atoms with E-state index in [4.69, 9.17) is 0 Å². The monoisotopic (exact) mass is 377 g/mol. The number of nitrogens with zero attached hydrogens (tertiary/aromatic N) is 2. The first-order chi connectivity index (χ1) is 14.2. The van der Waals surface area contributed by atoms with Crippen LogP contribution in [0.15, 0.2) is 115 Å². The second-order valence-corrected chi connectivity index (χ2v) is 7.42. The molecular formula is C26H23N3. The highest BCUT2D eigenvalue weighted by molar-refractivity contribution is 5.92. The minimum Gasteiger partial charge on any atom is -0.361 e. The van der Waals surface area contributed by atoms with Crippen LogP contribution in [-0.4, -0.2) is 13.1 Å². The molecular weight excluding hydrogens is 354 g/mol. The fourth-order valence-corrected chi connectivity index (χ4v) is 4.23. The average molecular weight is 377 g/mol. The van der Waals surface area contributed by atoms with Gasteiger partial charge in [-0.2, -0.15) is 0 Å². The van der Waals surface area contributed by atoms with Crippen LogP contribution in [0.2, 0.25) is 0 Å². The van der Waals surface area contributed by atoms with E-state index in [9.17, 15) is 0 Å². The van der Waals surface area contributed by atoms with Gasteiger partial charge < -0.3 is 4.90 Å². The lowest BCUT2D eigenvalue weighted by Gasteiger charge is -2.34. The zero-order valence-corrected chi connectivity index (χ0v) is 16.4. The Labute approximate surface area is 171 Å².